The van der Waals surface area contributed by atoms with Crippen molar-refractivity contribution in [2.45, 2.75) is 19.4 Å². The number of benzene rings is 2. The molecule has 4 rings (SSSR count). The Labute approximate surface area is 205 Å². The summed E-state index contributed by atoms with van der Waals surface area (Å²) in [4.78, 5) is 13.6. The van der Waals surface area contributed by atoms with Crippen molar-refractivity contribution in [1.82, 2.24) is 9.78 Å². The van der Waals surface area contributed by atoms with Crippen molar-refractivity contribution >= 4 is 40.4 Å². The second kappa shape index (κ2) is 9.28. The molecule has 178 valence electrons. The molecule has 0 atom stereocenters. The topological polar surface area (TPSA) is 92.8 Å². The van der Waals surface area contributed by atoms with Crippen LogP contribution >= 0.6 is 0 Å². The van der Waals surface area contributed by atoms with Gasteiger partial charge in [-0.25, -0.2) is 0 Å². The maximum absolute atomic E-state index is 13.8. The molecule has 0 fully saturated rings. The van der Waals surface area contributed by atoms with Crippen LogP contribution in [0.4, 0.5) is 17.6 Å². The number of hydrogen-bond acceptors (Lipinski definition) is 5. The zero-order valence-electron chi connectivity index (χ0n) is 18.2. The number of alkyl halides is 3. The number of sulfone groups is 1. The van der Waals surface area contributed by atoms with Gasteiger partial charge >= 0.3 is 207 Å². The van der Waals surface area contributed by atoms with E-state index < -0.39 is 58.1 Å². The Balaban J connectivity index is 1.71. The van der Waals surface area contributed by atoms with E-state index in [1.165, 1.54) is 6.07 Å². The zero-order valence-corrected chi connectivity index (χ0v) is 22.3. The third kappa shape index (κ3) is 5.06. The third-order valence-electron chi connectivity index (χ3n) is 5.69. The molecule has 0 saturated heterocycles. The van der Waals surface area contributed by atoms with E-state index in [9.17, 15) is 30.8 Å². The van der Waals surface area contributed by atoms with Crippen LogP contribution < -0.4 is 0 Å². The summed E-state index contributed by atoms with van der Waals surface area (Å²) in [5.74, 6) is -0.847. The molecule has 1 aromatic heterocycles. The number of carbonyl (C=O) groups is 1. The number of nitrogens with zero attached hydrogens (tertiary/aromatic N) is 3. The number of halogens is 4. The fourth-order valence-corrected chi connectivity index (χ4v) is 12.6. The summed E-state index contributed by atoms with van der Waals surface area (Å²) in [6.07, 6.45) is -1.94. The number of rotatable bonds is 5. The minimum atomic E-state index is -4.82. The summed E-state index contributed by atoms with van der Waals surface area (Å²) in [6.45, 7) is 0. The molecule has 1 aliphatic heterocycles. The Kier molecular flexibility index (Phi) is 6.68. The van der Waals surface area contributed by atoms with Gasteiger partial charge < -0.3 is 0 Å². The van der Waals surface area contributed by atoms with Gasteiger partial charge in [-0.15, -0.1) is 0 Å². The van der Waals surface area contributed by atoms with E-state index >= 15 is 0 Å². The summed E-state index contributed by atoms with van der Waals surface area (Å²) in [5.41, 5.74) is -0.805. The number of carbonyl (C=O) groups excluding carboxylic acids is 1. The number of hydrogen-bond donors (Lipinski definition) is 0. The van der Waals surface area contributed by atoms with E-state index in [4.69, 9.17) is 5.26 Å². The van der Waals surface area contributed by atoms with Gasteiger partial charge in [-0.05, 0) is 0 Å². The molecule has 0 radical (unpaired) electrons. The second-order valence-corrected chi connectivity index (χ2v) is 18.1. The van der Waals surface area contributed by atoms with Gasteiger partial charge in [-0.3, -0.25) is 0 Å². The predicted molar refractivity (Wildman–Crippen MR) is 120 cm³/mol. The Morgan fingerprint density at radius 2 is 1.89 bits per heavy atom. The second-order valence-electron chi connectivity index (χ2n) is 8.10. The maximum atomic E-state index is 13.8. The SMILES string of the molecule is CS(=O)(=O)c1ccccc1C1=C[CH2][In]([C](=O)c2cc(C(F)(F)F)nn2-c2ccc(F)c(C#N)c2)[CH2]1. The molecule has 0 unspecified atom stereocenters. The summed E-state index contributed by atoms with van der Waals surface area (Å²) in [7, 11) is -3.53. The molecular weight excluding hydrogens is 589 g/mol. The minimum absolute atomic E-state index is 0.0401. The van der Waals surface area contributed by atoms with Crippen LogP contribution in [0, 0.1) is 17.1 Å². The molecule has 1 aliphatic rings. The van der Waals surface area contributed by atoms with Crippen molar-refractivity contribution < 1.29 is 30.8 Å². The van der Waals surface area contributed by atoms with Gasteiger partial charge in [-0.1, -0.05) is 0 Å². The summed E-state index contributed by atoms with van der Waals surface area (Å²) in [5, 5.41) is 12.6. The van der Waals surface area contributed by atoms with E-state index in [0.717, 1.165) is 29.1 Å². The molecule has 12 heteroatoms. The normalized spacial score (nSPS) is 14.1. The first-order valence-electron chi connectivity index (χ1n) is 10.3. The molecule has 35 heavy (non-hydrogen) atoms. The number of allylic oxidation sites excluding steroid dienone is 2. The Bertz CT molecular complexity index is 1520. The molecule has 0 bridgehead atoms. The van der Waals surface area contributed by atoms with Crippen LogP contribution in [0.5, 0.6) is 0 Å². The molecule has 0 N–H and O–H groups in total. The van der Waals surface area contributed by atoms with Gasteiger partial charge in [0.1, 0.15) is 0 Å². The summed E-state index contributed by atoms with van der Waals surface area (Å²) in [6, 6.07) is 11.8. The van der Waals surface area contributed by atoms with Crippen molar-refractivity contribution in [2.24, 2.45) is 0 Å². The molecule has 2 heterocycles. The molecule has 2 aromatic carbocycles. The van der Waals surface area contributed by atoms with Crippen LogP contribution in [-0.4, -0.2) is 49.4 Å². The van der Waals surface area contributed by atoms with Gasteiger partial charge in [0, 0.05) is 0 Å². The fraction of sp³-hybridized carbons (Fsp3) is 0.174. The standard InChI is InChI=1S/C12H4F4N3O.C11H12O2S.In/c13-10-2-1-8(3-7(10)5-17)19-9(6-20)4-11(18-19)12(14,15)16;1-4-9(2)10-7-5-6-8-11(10)14(3,12)13;/h1-4H;4-8H,1-2H2,3H3;. The summed E-state index contributed by atoms with van der Waals surface area (Å²) < 4.78 is 79.5. The molecule has 0 aliphatic carbocycles. The van der Waals surface area contributed by atoms with Crippen LogP contribution in [0.15, 0.2) is 59.5 Å². The van der Waals surface area contributed by atoms with Crippen LogP contribution in [0.3, 0.4) is 0 Å². The van der Waals surface area contributed by atoms with Gasteiger partial charge in [-0.2, -0.15) is 0 Å². The van der Waals surface area contributed by atoms with Crippen molar-refractivity contribution in [3.05, 3.63) is 82.9 Å². The predicted octanol–water partition coefficient (Wildman–Crippen LogP) is 4.62. The van der Waals surface area contributed by atoms with Gasteiger partial charge in [0.05, 0.1) is 0 Å². The number of aromatic nitrogens is 2. The Hall–Kier alpha value is -2.91. The summed E-state index contributed by atoms with van der Waals surface area (Å²) >= 11 is -3.27. The average molecular weight is 605 g/mol. The Morgan fingerprint density at radius 3 is 2.54 bits per heavy atom. The van der Waals surface area contributed by atoms with Crippen molar-refractivity contribution in [1.29, 1.82) is 5.26 Å². The van der Waals surface area contributed by atoms with Gasteiger partial charge in [0.2, 0.25) is 0 Å². The number of nitriles is 1. The molecular formula is C23H16F4InN3O3S. The van der Waals surface area contributed by atoms with E-state index in [0.29, 0.717) is 25.6 Å². The van der Waals surface area contributed by atoms with E-state index in [1.807, 2.05) is 0 Å². The molecule has 3 aromatic rings. The van der Waals surface area contributed by atoms with Crippen LogP contribution in [0.25, 0.3) is 11.3 Å². The van der Waals surface area contributed by atoms with E-state index in [-0.39, 0.29) is 16.3 Å². The molecule has 0 amide bonds. The van der Waals surface area contributed by atoms with Crippen LogP contribution in [0.2, 0.25) is 8.35 Å². The van der Waals surface area contributed by atoms with Crippen molar-refractivity contribution in [3.63, 3.8) is 0 Å². The first-order chi connectivity index (χ1) is 16.4. The van der Waals surface area contributed by atoms with E-state index in [2.05, 4.69) is 5.10 Å². The van der Waals surface area contributed by atoms with Crippen molar-refractivity contribution in [2.75, 3.05) is 6.26 Å². The van der Waals surface area contributed by atoms with Gasteiger partial charge in [0.15, 0.2) is 0 Å². The third-order valence-corrected chi connectivity index (χ3v) is 14.8. The molecule has 6 nitrogen and oxygen atoms in total. The van der Waals surface area contributed by atoms with Crippen LogP contribution in [-0.2, 0) is 16.0 Å². The Morgan fingerprint density at radius 1 is 1.17 bits per heavy atom. The average Bonchev–Trinajstić information content (AvgIpc) is 3.46. The first-order valence-corrected chi connectivity index (χ1v) is 18.5. The fourth-order valence-electron chi connectivity index (χ4n) is 4.02. The van der Waals surface area contributed by atoms with Gasteiger partial charge in [0.25, 0.3) is 0 Å². The molecule has 0 saturated carbocycles. The monoisotopic (exact) mass is 605 g/mol. The zero-order chi connectivity index (χ0) is 25.5. The van der Waals surface area contributed by atoms with Crippen LogP contribution in [0.1, 0.15) is 27.3 Å². The quantitative estimate of drug-likeness (QED) is 0.396. The first kappa shape index (κ1) is 25.2. The van der Waals surface area contributed by atoms with E-state index in [1.54, 1.807) is 30.3 Å². The van der Waals surface area contributed by atoms with Crippen molar-refractivity contribution in [3.8, 4) is 11.8 Å². The molecule has 0 spiro atoms.